The fourth-order valence-corrected chi connectivity index (χ4v) is 2.62. The summed E-state index contributed by atoms with van der Waals surface area (Å²) in [4.78, 5) is 11.8. The second-order valence-electron chi connectivity index (χ2n) is 3.41. The number of thioether (sulfide) groups is 1. The van der Waals surface area contributed by atoms with Crippen molar-refractivity contribution in [1.29, 1.82) is 0 Å². The topological polar surface area (TPSA) is 58.0 Å². The molecule has 0 unspecified atom stereocenters. The zero-order valence-corrected chi connectivity index (χ0v) is 8.77. The minimum atomic E-state index is 0.105. The van der Waals surface area contributed by atoms with Gasteiger partial charge in [0.1, 0.15) is 0 Å². The van der Waals surface area contributed by atoms with Crippen molar-refractivity contribution in [2.75, 3.05) is 12.4 Å². The van der Waals surface area contributed by atoms with Crippen LogP contribution in [0.2, 0.25) is 0 Å². The number of fused-ring (bicyclic) bond motifs is 1. The molecular weight excluding hydrogens is 200 g/mol. The molecule has 1 aromatic rings. The lowest BCUT2D eigenvalue weighted by Gasteiger charge is -2.07. The van der Waals surface area contributed by atoms with Crippen molar-refractivity contribution in [2.45, 2.75) is 25.1 Å². The van der Waals surface area contributed by atoms with Crippen LogP contribution in [-0.2, 0) is 18.7 Å². The number of nitrogens with one attached hydrogen (secondary N) is 1. The van der Waals surface area contributed by atoms with Crippen LogP contribution >= 0.6 is 11.8 Å². The fourth-order valence-electron chi connectivity index (χ4n) is 1.69. The van der Waals surface area contributed by atoms with E-state index in [4.69, 9.17) is 5.11 Å². The van der Waals surface area contributed by atoms with Gasteiger partial charge in [0.2, 0.25) is 0 Å². The first-order chi connectivity index (χ1) is 6.83. The number of aliphatic hydroxyl groups excluding tert-OH is 1. The van der Waals surface area contributed by atoms with Crippen LogP contribution < -0.4 is 5.56 Å². The van der Waals surface area contributed by atoms with Gasteiger partial charge in [0, 0.05) is 24.5 Å². The molecule has 78 valence electrons. The Morgan fingerprint density at radius 3 is 3.14 bits per heavy atom. The summed E-state index contributed by atoms with van der Waals surface area (Å²) in [5.41, 5.74) is 2.12. The zero-order valence-electron chi connectivity index (χ0n) is 7.95. The Labute approximate surface area is 86.3 Å². The summed E-state index contributed by atoms with van der Waals surface area (Å²) in [6.07, 6.45) is 1.51. The van der Waals surface area contributed by atoms with Crippen LogP contribution in [0.4, 0.5) is 0 Å². The smallest absolute Gasteiger partial charge is 0.269 e. The number of aliphatic hydroxyl groups is 1. The minimum absolute atomic E-state index is 0.105. The average molecular weight is 214 g/mol. The molecule has 1 aliphatic heterocycles. The first-order valence-corrected chi connectivity index (χ1v) is 5.97. The molecule has 0 bridgehead atoms. The summed E-state index contributed by atoms with van der Waals surface area (Å²) in [7, 11) is 0. The van der Waals surface area contributed by atoms with Gasteiger partial charge < -0.3 is 5.11 Å². The predicted octanol–water partition coefficient (Wildman–Crippen LogP) is 0.348. The predicted molar refractivity (Wildman–Crippen MR) is 56.6 cm³/mol. The molecule has 4 nitrogen and oxygen atoms in total. The lowest BCUT2D eigenvalue weighted by Crippen LogP contribution is -2.20. The Bertz CT molecular complexity index is 369. The van der Waals surface area contributed by atoms with Crippen molar-refractivity contribution < 1.29 is 5.11 Å². The van der Waals surface area contributed by atoms with Gasteiger partial charge in [0.15, 0.2) is 0 Å². The average Bonchev–Trinajstić information content (AvgIpc) is 2.54. The van der Waals surface area contributed by atoms with E-state index in [0.717, 1.165) is 29.2 Å². The SMILES string of the molecule is O=c1c2c([nH]n1CCCO)CSCC2. The zero-order chi connectivity index (χ0) is 9.97. The van der Waals surface area contributed by atoms with Crippen molar-refractivity contribution in [3.8, 4) is 0 Å². The molecule has 2 N–H and O–H groups in total. The summed E-state index contributed by atoms with van der Waals surface area (Å²) < 4.78 is 1.62. The van der Waals surface area contributed by atoms with E-state index >= 15 is 0 Å². The number of hydrogen-bond acceptors (Lipinski definition) is 3. The Balaban J connectivity index is 2.25. The minimum Gasteiger partial charge on any atom is -0.396 e. The van der Waals surface area contributed by atoms with Crippen LogP contribution in [-0.4, -0.2) is 27.2 Å². The fraction of sp³-hybridized carbons (Fsp3) is 0.667. The van der Waals surface area contributed by atoms with E-state index in [1.54, 1.807) is 4.68 Å². The number of hydrogen-bond donors (Lipinski definition) is 2. The van der Waals surface area contributed by atoms with Crippen molar-refractivity contribution >= 4 is 11.8 Å². The Morgan fingerprint density at radius 2 is 2.43 bits per heavy atom. The Kier molecular flexibility index (Phi) is 2.98. The molecule has 0 saturated carbocycles. The van der Waals surface area contributed by atoms with E-state index in [1.807, 2.05) is 11.8 Å². The molecule has 0 fully saturated rings. The normalized spacial score (nSPS) is 15.5. The van der Waals surface area contributed by atoms with Gasteiger partial charge >= 0.3 is 0 Å². The number of nitrogens with zero attached hydrogens (tertiary/aromatic N) is 1. The summed E-state index contributed by atoms with van der Waals surface area (Å²) in [6, 6.07) is 0. The third-order valence-corrected chi connectivity index (χ3v) is 3.41. The summed E-state index contributed by atoms with van der Waals surface area (Å²) in [6.45, 7) is 0.720. The Hall–Kier alpha value is -0.680. The van der Waals surface area contributed by atoms with Crippen LogP contribution in [0.3, 0.4) is 0 Å². The van der Waals surface area contributed by atoms with Crippen molar-refractivity contribution in [3.63, 3.8) is 0 Å². The number of H-pyrrole nitrogens is 1. The van der Waals surface area contributed by atoms with Gasteiger partial charge in [-0.15, -0.1) is 0 Å². The number of rotatable bonds is 3. The van der Waals surface area contributed by atoms with Crippen LogP contribution in [0, 0.1) is 0 Å². The summed E-state index contributed by atoms with van der Waals surface area (Å²) >= 11 is 1.85. The van der Waals surface area contributed by atoms with Gasteiger partial charge in [-0.2, -0.15) is 11.8 Å². The highest BCUT2D eigenvalue weighted by Crippen LogP contribution is 2.20. The monoisotopic (exact) mass is 214 g/mol. The van der Waals surface area contributed by atoms with E-state index in [0.29, 0.717) is 13.0 Å². The highest BCUT2D eigenvalue weighted by atomic mass is 32.2. The van der Waals surface area contributed by atoms with E-state index in [1.165, 1.54) is 0 Å². The maximum absolute atomic E-state index is 11.8. The maximum Gasteiger partial charge on any atom is 0.269 e. The van der Waals surface area contributed by atoms with E-state index < -0.39 is 0 Å². The molecule has 14 heavy (non-hydrogen) atoms. The first kappa shape index (κ1) is 9.86. The molecule has 1 aromatic heterocycles. The molecule has 0 aliphatic carbocycles. The van der Waals surface area contributed by atoms with Crippen molar-refractivity contribution in [1.82, 2.24) is 9.78 Å². The van der Waals surface area contributed by atoms with Crippen molar-refractivity contribution in [3.05, 3.63) is 21.6 Å². The molecule has 5 heteroatoms. The van der Waals surface area contributed by atoms with Gasteiger partial charge in [0.05, 0.1) is 5.69 Å². The van der Waals surface area contributed by atoms with Crippen LogP contribution in [0.5, 0.6) is 0 Å². The van der Waals surface area contributed by atoms with Gasteiger partial charge in [-0.25, -0.2) is 0 Å². The van der Waals surface area contributed by atoms with Crippen LogP contribution in [0.15, 0.2) is 4.79 Å². The molecule has 0 atom stereocenters. The van der Waals surface area contributed by atoms with Crippen molar-refractivity contribution in [2.24, 2.45) is 0 Å². The van der Waals surface area contributed by atoms with Gasteiger partial charge in [-0.1, -0.05) is 0 Å². The first-order valence-electron chi connectivity index (χ1n) is 4.82. The van der Waals surface area contributed by atoms with E-state index in [9.17, 15) is 4.79 Å². The van der Waals surface area contributed by atoms with Crippen LogP contribution in [0.1, 0.15) is 17.7 Å². The van der Waals surface area contributed by atoms with Gasteiger partial charge in [-0.05, 0) is 18.6 Å². The van der Waals surface area contributed by atoms with E-state index in [-0.39, 0.29) is 12.2 Å². The third-order valence-electron chi connectivity index (χ3n) is 2.42. The van der Waals surface area contributed by atoms with Crippen LogP contribution in [0.25, 0.3) is 0 Å². The number of aromatic amines is 1. The summed E-state index contributed by atoms with van der Waals surface area (Å²) in [5.74, 6) is 1.96. The highest BCUT2D eigenvalue weighted by Gasteiger charge is 2.17. The molecule has 2 heterocycles. The largest absolute Gasteiger partial charge is 0.396 e. The number of aryl methyl sites for hydroxylation is 1. The van der Waals surface area contributed by atoms with E-state index in [2.05, 4.69) is 5.10 Å². The molecule has 2 rings (SSSR count). The Morgan fingerprint density at radius 1 is 1.57 bits per heavy atom. The van der Waals surface area contributed by atoms with Gasteiger partial charge in [0.25, 0.3) is 5.56 Å². The molecule has 0 saturated heterocycles. The number of aromatic nitrogens is 2. The molecule has 0 spiro atoms. The molecule has 0 aromatic carbocycles. The third kappa shape index (κ3) is 1.74. The second kappa shape index (κ2) is 4.23. The highest BCUT2D eigenvalue weighted by molar-refractivity contribution is 7.98. The summed E-state index contributed by atoms with van der Waals surface area (Å²) in [5, 5.41) is 11.8. The lowest BCUT2D eigenvalue weighted by atomic mass is 10.2. The molecule has 0 radical (unpaired) electrons. The van der Waals surface area contributed by atoms with Gasteiger partial charge in [-0.3, -0.25) is 14.6 Å². The molecule has 0 amide bonds. The lowest BCUT2D eigenvalue weighted by molar-refractivity contribution is 0.276. The quantitative estimate of drug-likeness (QED) is 0.763. The standard InChI is InChI=1S/C9H14N2O2S/c12-4-1-3-11-9(13)7-2-5-14-6-8(7)10-11/h10,12H,1-6H2. The molecular formula is C9H14N2O2S. The second-order valence-corrected chi connectivity index (χ2v) is 4.51. The maximum atomic E-state index is 11.8. The molecule has 1 aliphatic rings.